The molecule has 2 aromatic carbocycles. The van der Waals surface area contributed by atoms with Crippen LogP contribution in [0.25, 0.3) is 11.3 Å². The summed E-state index contributed by atoms with van der Waals surface area (Å²) in [5.41, 5.74) is 2.70. The Morgan fingerprint density at radius 1 is 1.04 bits per heavy atom. The topological polar surface area (TPSA) is 62.8 Å². The lowest BCUT2D eigenvalue weighted by Crippen LogP contribution is -2.26. The van der Waals surface area contributed by atoms with Crippen molar-refractivity contribution in [3.05, 3.63) is 71.8 Å². The van der Waals surface area contributed by atoms with Gasteiger partial charge in [-0.25, -0.2) is 4.68 Å². The molecule has 0 radical (unpaired) electrons. The fraction of sp³-hybridized carbons (Fsp3) is 0.286. The summed E-state index contributed by atoms with van der Waals surface area (Å²) in [7, 11) is 0. The minimum Gasteiger partial charge on any atom is -0.389 e. The van der Waals surface area contributed by atoms with E-state index < -0.39 is 11.0 Å². The Morgan fingerprint density at radius 3 is 2.30 bits per heavy atom. The number of hydrogen-bond acceptors (Lipinski definition) is 4. The van der Waals surface area contributed by atoms with Crippen molar-refractivity contribution in [2.75, 3.05) is 0 Å². The lowest BCUT2D eigenvalue weighted by Gasteiger charge is -2.23. The smallest absolute Gasteiger partial charge is 0.178 e. The molecule has 0 saturated carbocycles. The molecule has 3 aromatic rings. The minimum atomic E-state index is -0.929. The monoisotopic (exact) mass is 380 g/mol. The van der Waals surface area contributed by atoms with Crippen molar-refractivity contribution >= 4 is 17.4 Å². The summed E-state index contributed by atoms with van der Waals surface area (Å²) in [6.45, 7) is 3.79. The number of azo groups is 1. The zero-order chi connectivity index (χ0) is 19.0. The Bertz CT molecular complexity index is 961. The third-order valence-electron chi connectivity index (χ3n) is 4.52. The summed E-state index contributed by atoms with van der Waals surface area (Å²) in [6.07, 6.45) is 0. The zero-order valence-electron chi connectivity index (χ0n) is 15.2. The van der Waals surface area contributed by atoms with Gasteiger partial charge in [0.1, 0.15) is 6.04 Å². The van der Waals surface area contributed by atoms with Gasteiger partial charge < -0.3 is 5.11 Å². The van der Waals surface area contributed by atoms with Crippen LogP contribution >= 0.6 is 11.6 Å². The van der Waals surface area contributed by atoms with Crippen molar-refractivity contribution in [1.82, 2.24) is 9.78 Å². The van der Waals surface area contributed by atoms with Crippen LogP contribution in [0.2, 0.25) is 0 Å². The molecule has 138 valence electrons. The van der Waals surface area contributed by atoms with Gasteiger partial charge in [-0.15, -0.1) is 16.7 Å². The molecule has 0 amide bonds. The molecule has 2 heterocycles. The highest BCUT2D eigenvalue weighted by atomic mass is 35.5. The summed E-state index contributed by atoms with van der Waals surface area (Å²) >= 11 is 6.92. The van der Waals surface area contributed by atoms with E-state index >= 15 is 0 Å². The Kier molecular flexibility index (Phi) is 4.58. The molecule has 0 aliphatic carbocycles. The maximum atomic E-state index is 10.3. The molecule has 2 atom stereocenters. The van der Waals surface area contributed by atoms with Crippen LogP contribution in [0.3, 0.4) is 0 Å². The van der Waals surface area contributed by atoms with E-state index in [1.54, 1.807) is 18.5 Å². The number of benzene rings is 2. The second-order valence-electron chi connectivity index (χ2n) is 7.39. The van der Waals surface area contributed by atoms with E-state index in [0.29, 0.717) is 12.4 Å². The van der Waals surface area contributed by atoms with E-state index in [1.165, 1.54) is 0 Å². The minimum absolute atomic E-state index is 0.275. The van der Waals surface area contributed by atoms with Crippen molar-refractivity contribution in [3.8, 4) is 11.3 Å². The first-order valence-electron chi connectivity index (χ1n) is 8.92. The van der Waals surface area contributed by atoms with Crippen molar-refractivity contribution in [2.45, 2.75) is 37.4 Å². The summed E-state index contributed by atoms with van der Waals surface area (Å²) in [6, 6.07) is 19.6. The fourth-order valence-corrected chi connectivity index (χ4v) is 3.73. The number of rotatable bonds is 4. The van der Waals surface area contributed by atoms with Crippen LogP contribution in [0.4, 0.5) is 5.82 Å². The second kappa shape index (κ2) is 6.91. The van der Waals surface area contributed by atoms with Crippen molar-refractivity contribution < 1.29 is 5.11 Å². The van der Waals surface area contributed by atoms with Crippen LogP contribution in [0.15, 0.2) is 70.9 Å². The highest BCUT2D eigenvalue weighted by Gasteiger charge is 2.35. The summed E-state index contributed by atoms with van der Waals surface area (Å²) < 4.78 is 1.71. The van der Waals surface area contributed by atoms with Gasteiger partial charge in [0.15, 0.2) is 5.82 Å². The van der Waals surface area contributed by atoms with Gasteiger partial charge in [-0.2, -0.15) is 10.2 Å². The number of nitrogens with zero attached hydrogens (tertiary/aromatic N) is 4. The largest absolute Gasteiger partial charge is 0.389 e. The molecule has 0 fully saturated rings. The van der Waals surface area contributed by atoms with Gasteiger partial charge >= 0.3 is 0 Å². The Hall–Kier alpha value is -2.50. The number of hydrogen-bond donors (Lipinski definition) is 1. The molecular weight excluding hydrogens is 360 g/mol. The molecule has 0 bridgehead atoms. The summed E-state index contributed by atoms with van der Waals surface area (Å²) in [5.74, 6) is 0.614. The Labute approximate surface area is 163 Å². The van der Waals surface area contributed by atoms with Crippen molar-refractivity contribution in [1.29, 1.82) is 0 Å². The molecule has 1 aliphatic rings. The zero-order valence-corrected chi connectivity index (χ0v) is 16.0. The lowest BCUT2D eigenvalue weighted by atomic mass is 9.95. The van der Waals surface area contributed by atoms with Gasteiger partial charge in [-0.1, -0.05) is 60.7 Å². The van der Waals surface area contributed by atoms with Crippen molar-refractivity contribution in [3.63, 3.8) is 0 Å². The number of aromatic nitrogens is 2. The fourth-order valence-electron chi connectivity index (χ4n) is 3.33. The van der Waals surface area contributed by atoms with E-state index in [4.69, 9.17) is 16.7 Å². The molecule has 5 nitrogen and oxygen atoms in total. The maximum absolute atomic E-state index is 10.3. The molecule has 1 N–H and O–H groups in total. The lowest BCUT2D eigenvalue weighted by molar-refractivity contribution is 0.0582. The van der Waals surface area contributed by atoms with Gasteiger partial charge in [0.05, 0.1) is 23.2 Å². The van der Waals surface area contributed by atoms with Gasteiger partial charge in [0.2, 0.25) is 0 Å². The normalized spacial score (nSPS) is 19.1. The van der Waals surface area contributed by atoms with E-state index in [9.17, 15) is 5.11 Å². The van der Waals surface area contributed by atoms with Gasteiger partial charge in [-0.05, 0) is 19.4 Å². The quantitative estimate of drug-likeness (QED) is 0.612. The molecule has 1 aliphatic heterocycles. The molecule has 0 saturated heterocycles. The Balaban J connectivity index is 1.85. The molecule has 6 heteroatoms. The second-order valence-corrected chi connectivity index (χ2v) is 7.86. The predicted octanol–water partition coefficient (Wildman–Crippen LogP) is 5.44. The average molecular weight is 381 g/mol. The van der Waals surface area contributed by atoms with Crippen LogP contribution in [0.1, 0.15) is 36.4 Å². The maximum Gasteiger partial charge on any atom is 0.178 e. The van der Waals surface area contributed by atoms with Gasteiger partial charge in [-0.3, -0.25) is 0 Å². The van der Waals surface area contributed by atoms with Crippen LogP contribution in [0, 0.1) is 0 Å². The predicted molar refractivity (Wildman–Crippen MR) is 106 cm³/mol. The standard InChI is InChI=1S/C21H21ClN4O/c1-21(2,27)13-26-20-16(18(25-26)14-9-5-3-6-10-14)17(22)19(23-24-20)15-11-7-4-8-12-15/h3-12,17,19,27H,13H2,1-2H3. The third kappa shape index (κ3) is 3.53. The van der Waals surface area contributed by atoms with E-state index in [0.717, 1.165) is 22.4 Å². The molecule has 4 rings (SSSR count). The molecular formula is C21H21ClN4O. The number of fused-ring (bicyclic) bond motifs is 1. The van der Waals surface area contributed by atoms with Crippen LogP contribution < -0.4 is 0 Å². The van der Waals surface area contributed by atoms with Gasteiger partial charge in [0.25, 0.3) is 0 Å². The number of aliphatic hydroxyl groups is 1. The molecule has 27 heavy (non-hydrogen) atoms. The Morgan fingerprint density at radius 2 is 1.67 bits per heavy atom. The van der Waals surface area contributed by atoms with E-state index in [1.807, 2.05) is 60.7 Å². The highest BCUT2D eigenvalue weighted by Crippen LogP contribution is 2.49. The number of alkyl halides is 1. The van der Waals surface area contributed by atoms with E-state index in [2.05, 4.69) is 10.2 Å². The first-order chi connectivity index (χ1) is 12.9. The SMILES string of the molecule is CC(C)(O)Cn1nc(-c2ccccc2)c2c1N=NC(c1ccccc1)C2Cl. The first-order valence-corrected chi connectivity index (χ1v) is 9.36. The molecule has 1 aromatic heterocycles. The van der Waals surface area contributed by atoms with Crippen LogP contribution in [-0.4, -0.2) is 20.5 Å². The number of halogens is 1. The third-order valence-corrected chi connectivity index (χ3v) is 4.97. The first kappa shape index (κ1) is 17.9. The molecule has 2 unspecified atom stereocenters. The highest BCUT2D eigenvalue weighted by molar-refractivity contribution is 6.22. The average Bonchev–Trinajstić information content (AvgIpc) is 3.01. The van der Waals surface area contributed by atoms with E-state index in [-0.39, 0.29) is 6.04 Å². The van der Waals surface area contributed by atoms with Crippen molar-refractivity contribution in [2.24, 2.45) is 10.2 Å². The van der Waals surface area contributed by atoms with Gasteiger partial charge in [0, 0.05) is 11.1 Å². The summed E-state index contributed by atoms with van der Waals surface area (Å²) in [4.78, 5) is 0. The van der Waals surface area contributed by atoms with Crippen LogP contribution in [-0.2, 0) is 6.54 Å². The van der Waals surface area contributed by atoms with Crippen LogP contribution in [0.5, 0.6) is 0 Å². The molecule has 0 spiro atoms. The summed E-state index contributed by atoms with van der Waals surface area (Å²) in [5, 5.41) is 23.6.